The number of hydrogen-bond donors (Lipinski definition) is 3. The zero-order valence-corrected chi connectivity index (χ0v) is 38.1. The molecule has 1 aliphatic carbocycles. The van der Waals surface area contributed by atoms with Crippen molar-refractivity contribution < 1.29 is 28.2 Å². The normalized spacial score (nSPS) is 20.6. The van der Waals surface area contributed by atoms with Crippen LogP contribution in [0.25, 0.3) is 10.8 Å². The minimum atomic E-state index is -0.605. The molecule has 354 valence electrons. The lowest BCUT2D eigenvalue weighted by Crippen LogP contribution is -2.53. The number of carbonyl (C=O) groups excluding carboxylic acids is 3. The summed E-state index contributed by atoms with van der Waals surface area (Å²) in [5, 5.41) is 7.99. The predicted molar refractivity (Wildman–Crippen MR) is 252 cm³/mol. The number of piperazine rings is 1. The molecule has 5 aliphatic rings. The number of amides is 3. The monoisotopic (exact) mass is 915 g/mol. The molecule has 3 aromatic carbocycles. The van der Waals surface area contributed by atoms with E-state index in [1.54, 1.807) is 40.1 Å². The number of fused-ring (bicyclic) bond motifs is 1. The highest BCUT2D eigenvalue weighted by atomic mass is 19.1. The molecule has 1 saturated carbocycles. The fraction of sp³-hybridized carbons (Fsp3) is 0.471. The van der Waals surface area contributed by atoms with Gasteiger partial charge in [0.2, 0.25) is 11.8 Å². The van der Waals surface area contributed by atoms with E-state index in [0.29, 0.717) is 84.4 Å². The average Bonchev–Trinajstić information content (AvgIpc) is 4.22. The Labute approximate surface area is 390 Å². The summed E-state index contributed by atoms with van der Waals surface area (Å²) in [4.78, 5) is 61.7. The van der Waals surface area contributed by atoms with Gasteiger partial charge >= 0.3 is 0 Å². The number of nitrogens with zero attached hydrogens (tertiary/aromatic N) is 6. The largest absolute Gasteiger partial charge is 0.456 e. The first-order valence-corrected chi connectivity index (χ1v) is 24.0. The van der Waals surface area contributed by atoms with Crippen molar-refractivity contribution in [2.45, 2.75) is 75.9 Å². The Morgan fingerprint density at radius 1 is 0.776 bits per heavy atom. The zero-order chi connectivity index (χ0) is 46.4. The second kappa shape index (κ2) is 20.7. The standard InChI is InChI=1S/C51H62FN9O6/c52-45-13-10-34(28-46-42-8-1-2-9-43(42)49(63)56-55-46)27-44(45)51(65)60-25-23-59(24-26-60)48(62)33-57-19-14-38(15-20-57)66-39-16-21-58(22-17-39)47(54)30-41(31-53)67-40-7-3-5-36(29-40)37-6-4-18-61(32-37)50(64)35-11-12-35/h1-3,5,7-10,13,27,29-31,35,37-39H,4,6,11-12,14-26,28,32-33,53-54H2,(H,56,63)/b41-31+,47-30+. The Morgan fingerprint density at radius 2 is 1.49 bits per heavy atom. The summed E-state index contributed by atoms with van der Waals surface area (Å²) in [6.07, 6.45) is 11.2. The van der Waals surface area contributed by atoms with Crippen LogP contribution in [0.3, 0.4) is 0 Å². The van der Waals surface area contributed by atoms with Crippen LogP contribution in [-0.4, -0.2) is 137 Å². The molecular weight excluding hydrogens is 854 g/mol. The highest BCUT2D eigenvalue weighted by Crippen LogP contribution is 2.35. The molecule has 0 spiro atoms. The molecule has 15 nitrogen and oxygen atoms in total. The summed E-state index contributed by atoms with van der Waals surface area (Å²) in [6, 6.07) is 19.7. The third kappa shape index (κ3) is 11.1. The van der Waals surface area contributed by atoms with E-state index in [-0.39, 0.29) is 41.1 Å². The number of carbonyl (C=O) groups is 3. The Bertz CT molecular complexity index is 2550. The molecule has 16 heteroatoms. The van der Waals surface area contributed by atoms with Crippen LogP contribution in [0.1, 0.15) is 84.5 Å². The topological polar surface area (TPSA) is 184 Å². The third-order valence-electron chi connectivity index (χ3n) is 14.1. The number of H-pyrrole nitrogens is 1. The first kappa shape index (κ1) is 45.9. The minimum Gasteiger partial charge on any atom is -0.456 e. The van der Waals surface area contributed by atoms with Crippen LogP contribution in [0.2, 0.25) is 0 Å². The van der Waals surface area contributed by atoms with Gasteiger partial charge in [-0.25, -0.2) is 9.49 Å². The number of aromatic nitrogens is 2. The van der Waals surface area contributed by atoms with Gasteiger partial charge in [-0.05, 0) is 92.8 Å². The number of allylic oxidation sites excluding steroid dienone is 1. The van der Waals surface area contributed by atoms with Crippen LogP contribution in [0, 0.1) is 11.7 Å². The molecule has 4 aliphatic heterocycles. The number of hydrogen-bond acceptors (Lipinski definition) is 11. The zero-order valence-electron chi connectivity index (χ0n) is 38.1. The summed E-state index contributed by atoms with van der Waals surface area (Å²) < 4.78 is 27.9. The number of piperidine rings is 3. The van der Waals surface area contributed by atoms with Crippen LogP contribution >= 0.6 is 0 Å². The van der Waals surface area contributed by atoms with E-state index in [1.807, 2.05) is 29.2 Å². The number of nitrogens with one attached hydrogen (secondary N) is 1. The molecule has 1 aromatic heterocycles. The summed E-state index contributed by atoms with van der Waals surface area (Å²) in [6.45, 7) is 6.33. The Balaban J connectivity index is 0.681. The van der Waals surface area contributed by atoms with Crippen LogP contribution in [0.5, 0.6) is 5.75 Å². The van der Waals surface area contributed by atoms with Gasteiger partial charge in [0.1, 0.15) is 23.1 Å². The van der Waals surface area contributed by atoms with Gasteiger partial charge in [0.15, 0.2) is 0 Å². The fourth-order valence-corrected chi connectivity index (χ4v) is 10.0. The lowest BCUT2D eigenvalue weighted by molar-refractivity contribution is -0.135. The quantitative estimate of drug-likeness (QED) is 0.125. The van der Waals surface area contributed by atoms with Crippen molar-refractivity contribution in [3.63, 3.8) is 0 Å². The number of ether oxygens (including phenoxy) is 2. The molecule has 4 aromatic rings. The summed E-state index contributed by atoms with van der Waals surface area (Å²) in [7, 11) is 0. The van der Waals surface area contributed by atoms with Crippen molar-refractivity contribution in [3.05, 3.63) is 129 Å². The predicted octanol–water partition coefficient (Wildman–Crippen LogP) is 4.68. The Morgan fingerprint density at radius 3 is 2.22 bits per heavy atom. The van der Waals surface area contributed by atoms with Crippen LogP contribution in [-0.2, 0) is 20.7 Å². The molecule has 1 unspecified atom stereocenters. The smallest absolute Gasteiger partial charge is 0.272 e. The van der Waals surface area contributed by atoms with Crippen molar-refractivity contribution in [1.29, 1.82) is 0 Å². The lowest BCUT2D eigenvalue weighted by Gasteiger charge is -2.39. The van der Waals surface area contributed by atoms with E-state index in [2.05, 4.69) is 32.1 Å². The Kier molecular flexibility index (Phi) is 14.2. The number of rotatable bonds is 13. The molecule has 0 radical (unpaired) electrons. The number of likely N-dealkylation sites (tertiary alicyclic amines) is 3. The second-order valence-corrected chi connectivity index (χ2v) is 18.7. The van der Waals surface area contributed by atoms with Gasteiger partial charge in [0.05, 0.1) is 35.4 Å². The van der Waals surface area contributed by atoms with Gasteiger partial charge in [0, 0.05) is 101 Å². The van der Waals surface area contributed by atoms with Crippen LogP contribution < -0.4 is 21.8 Å². The van der Waals surface area contributed by atoms with E-state index in [9.17, 15) is 19.2 Å². The van der Waals surface area contributed by atoms with Crippen LogP contribution in [0.15, 0.2) is 95.4 Å². The second-order valence-electron chi connectivity index (χ2n) is 18.7. The lowest BCUT2D eigenvalue weighted by atomic mass is 9.90. The summed E-state index contributed by atoms with van der Waals surface area (Å²) in [5.41, 5.74) is 14.8. The van der Waals surface area contributed by atoms with Gasteiger partial charge < -0.3 is 40.5 Å². The van der Waals surface area contributed by atoms with E-state index < -0.39 is 11.7 Å². The Hall–Kier alpha value is -6.26. The number of benzene rings is 3. The van der Waals surface area contributed by atoms with Crippen molar-refractivity contribution in [3.8, 4) is 5.75 Å². The van der Waals surface area contributed by atoms with Crippen molar-refractivity contribution in [2.24, 2.45) is 17.4 Å². The van der Waals surface area contributed by atoms with E-state index >= 15 is 4.39 Å². The van der Waals surface area contributed by atoms with E-state index in [1.165, 1.54) is 12.3 Å². The fourth-order valence-electron chi connectivity index (χ4n) is 10.0. The third-order valence-corrected chi connectivity index (χ3v) is 14.1. The molecule has 5 N–H and O–H groups in total. The minimum absolute atomic E-state index is 0.0218. The maximum atomic E-state index is 15.1. The van der Waals surface area contributed by atoms with E-state index in [0.717, 1.165) is 96.2 Å². The van der Waals surface area contributed by atoms with Crippen LogP contribution in [0.4, 0.5) is 4.39 Å². The van der Waals surface area contributed by atoms with E-state index in [4.69, 9.17) is 20.9 Å². The molecule has 4 saturated heterocycles. The number of halogens is 1. The molecular formula is C51H62FN9O6. The maximum Gasteiger partial charge on any atom is 0.272 e. The number of nitrogens with two attached hydrogens (primary N) is 2. The highest BCUT2D eigenvalue weighted by Gasteiger charge is 2.36. The molecule has 0 bridgehead atoms. The van der Waals surface area contributed by atoms with Crippen molar-refractivity contribution in [1.82, 2.24) is 34.7 Å². The molecule has 5 fully saturated rings. The van der Waals surface area contributed by atoms with Gasteiger partial charge in [-0.2, -0.15) is 5.10 Å². The summed E-state index contributed by atoms with van der Waals surface area (Å²) in [5.74, 6) is 1.57. The van der Waals surface area contributed by atoms with Crippen molar-refractivity contribution in [2.75, 3.05) is 72.0 Å². The van der Waals surface area contributed by atoms with Gasteiger partial charge in [-0.1, -0.05) is 36.4 Å². The van der Waals surface area contributed by atoms with Gasteiger partial charge in [-0.3, -0.25) is 24.1 Å². The summed E-state index contributed by atoms with van der Waals surface area (Å²) >= 11 is 0. The average molecular weight is 916 g/mol. The molecule has 1 atom stereocenters. The molecule has 67 heavy (non-hydrogen) atoms. The molecule has 3 amide bonds. The van der Waals surface area contributed by atoms with Gasteiger partial charge in [0.25, 0.3) is 11.5 Å². The maximum absolute atomic E-state index is 15.1. The molecule has 9 rings (SSSR count). The first-order valence-electron chi connectivity index (χ1n) is 24.0. The highest BCUT2D eigenvalue weighted by molar-refractivity contribution is 5.95. The molecule has 5 heterocycles. The van der Waals surface area contributed by atoms with Crippen molar-refractivity contribution >= 4 is 28.5 Å². The first-order chi connectivity index (χ1) is 32.6. The SMILES string of the molecule is N/C=C(\C=C(/N)N1CCC(OC2CCN(CC(=O)N3CCN(C(=O)c4cc(Cc5n[nH]c(=O)c6ccccc56)ccc4F)CC3)CC2)CC1)Oc1cccc(C2CCCN(C(=O)C3CC3)C2)c1. The van der Waals surface area contributed by atoms with Gasteiger partial charge in [-0.15, -0.1) is 0 Å². The number of aromatic amines is 1.